The van der Waals surface area contributed by atoms with Gasteiger partial charge in [-0.2, -0.15) is 13.2 Å². The quantitative estimate of drug-likeness (QED) is 0.127. The number of halogens is 5. The normalized spacial score (nSPS) is 11.5. The SMILES string of the molecule is O=C(CSc1cccc(NC(=O)/C(=C/c2ccc(Cl)cc2)NC(=O)c2ccccc2)c1)Nc1cc(C(F)(F)F)ccc1Cl. The highest BCUT2D eigenvalue weighted by Gasteiger charge is 2.31. The van der Waals surface area contributed by atoms with Crippen LogP contribution in [-0.4, -0.2) is 23.5 Å². The van der Waals surface area contributed by atoms with E-state index in [9.17, 15) is 27.6 Å². The molecule has 0 aliphatic heterocycles. The van der Waals surface area contributed by atoms with Gasteiger partial charge in [0.05, 0.1) is 22.0 Å². The Hall–Kier alpha value is -4.25. The van der Waals surface area contributed by atoms with Gasteiger partial charge in [0.25, 0.3) is 11.8 Å². The minimum Gasteiger partial charge on any atom is -0.324 e. The second-order valence-electron chi connectivity index (χ2n) is 8.94. The highest BCUT2D eigenvalue weighted by Crippen LogP contribution is 2.34. The third-order valence-electron chi connectivity index (χ3n) is 5.74. The van der Waals surface area contributed by atoms with Crippen molar-refractivity contribution in [2.45, 2.75) is 11.1 Å². The highest BCUT2D eigenvalue weighted by molar-refractivity contribution is 8.00. The van der Waals surface area contributed by atoms with Crippen LogP contribution in [0.4, 0.5) is 24.5 Å². The number of nitrogens with one attached hydrogen (secondary N) is 3. The molecule has 0 saturated heterocycles. The van der Waals surface area contributed by atoms with Crippen molar-refractivity contribution in [3.8, 4) is 0 Å². The third-order valence-corrected chi connectivity index (χ3v) is 7.31. The van der Waals surface area contributed by atoms with Crippen molar-refractivity contribution in [2.75, 3.05) is 16.4 Å². The van der Waals surface area contributed by atoms with Gasteiger partial charge in [0, 0.05) is 21.2 Å². The van der Waals surface area contributed by atoms with E-state index >= 15 is 0 Å². The minimum atomic E-state index is -4.59. The van der Waals surface area contributed by atoms with E-state index in [4.69, 9.17) is 23.2 Å². The van der Waals surface area contributed by atoms with E-state index < -0.39 is 29.5 Å². The van der Waals surface area contributed by atoms with Crippen LogP contribution in [0.1, 0.15) is 21.5 Å². The number of benzene rings is 4. The Morgan fingerprint density at radius 2 is 1.53 bits per heavy atom. The molecule has 0 heterocycles. The van der Waals surface area contributed by atoms with E-state index in [0.717, 1.165) is 30.0 Å². The summed E-state index contributed by atoms with van der Waals surface area (Å²) >= 11 is 13.0. The Labute approximate surface area is 259 Å². The maximum absolute atomic E-state index is 13.3. The molecule has 0 saturated carbocycles. The van der Waals surface area contributed by atoms with Crippen LogP contribution in [0.3, 0.4) is 0 Å². The van der Waals surface area contributed by atoms with Crippen LogP contribution in [0.2, 0.25) is 10.0 Å². The molecule has 0 fully saturated rings. The van der Waals surface area contributed by atoms with Crippen LogP contribution in [0.15, 0.2) is 108 Å². The summed E-state index contributed by atoms with van der Waals surface area (Å²) in [5.74, 6) is -1.79. The maximum atomic E-state index is 13.3. The molecule has 4 aromatic carbocycles. The smallest absolute Gasteiger partial charge is 0.324 e. The van der Waals surface area contributed by atoms with E-state index in [1.54, 1.807) is 78.9 Å². The van der Waals surface area contributed by atoms with Crippen LogP contribution in [0.5, 0.6) is 0 Å². The fourth-order valence-corrected chi connectivity index (χ4v) is 4.71. The Bertz CT molecular complexity index is 1660. The van der Waals surface area contributed by atoms with Crippen molar-refractivity contribution in [1.82, 2.24) is 5.32 Å². The predicted molar refractivity (Wildman–Crippen MR) is 164 cm³/mol. The van der Waals surface area contributed by atoms with Crippen LogP contribution in [-0.2, 0) is 15.8 Å². The first-order chi connectivity index (χ1) is 20.5. The number of anilines is 2. The van der Waals surface area contributed by atoms with E-state index in [1.165, 1.54) is 6.08 Å². The molecule has 4 rings (SSSR count). The van der Waals surface area contributed by atoms with Crippen molar-refractivity contribution in [3.05, 3.63) is 129 Å². The topological polar surface area (TPSA) is 87.3 Å². The van der Waals surface area contributed by atoms with Crippen molar-refractivity contribution in [3.63, 3.8) is 0 Å². The van der Waals surface area contributed by atoms with Gasteiger partial charge in [-0.3, -0.25) is 14.4 Å². The average Bonchev–Trinajstić information content (AvgIpc) is 2.98. The summed E-state index contributed by atoms with van der Waals surface area (Å²) < 4.78 is 39.1. The van der Waals surface area contributed by atoms with Gasteiger partial charge in [0.1, 0.15) is 5.70 Å². The molecule has 4 aromatic rings. The first-order valence-corrected chi connectivity index (χ1v) is 14.3. The zero-order chi connectivity index (χ0) is 31.0. The number of hydrogen-bond acceptors (Lipinski definition) is 4. The molecule has 43 heavy (non-hydrogen) atoms. The van der Waals surface area contributed by atoms with Crippen molar-refractivity contribution in [2.24, 2.45) is 0 Å². The largest absolute Gasteiger partial charge is 0.416 e. The van der Waals surface area contributed by atoms with Crippen LogP contribution < -0.4 is 16.0 Å². The molecule has 12 heteroatoms. The number of carbonyl (C=O) groups is 3. The van der Waals surface area contributed by atoms with Gasteiger partial charge >= 0.3 is 6.18 Å². The van der Waals surface area contributed by atoms with Crippen LogP contribution in [0, 0.1) is 0 Å². The van der Waals surface area contributed by atoms with E-state index in [0.29, 0.717) is 26.7 Å². The Morgan fingerprint density at radius 1 is 0.814 bits per heavy atom. The Balaban J connectivity index is 1.44. The first-order valence-electron chi connectivity index (χ1n) is 12.5. The molecule has 0 radical (unpaired) electrons. The number of amides is 3. The minimum absolute atomic E-state index is 0.0217. The van der Waals surface area contributed by atoms with Crippen LogP contribution >= 0.6 is 35.0 Å². The molecule has 0 atom stereocenters. The van der Waals surface area contributed by atoms with Crippen LogP contribution in [0.25, 0.3) is 6.08 Å². The molecule has 0 unspecified atom stereocenters. The maximum Gasteiger partial charge on any atom is 0.416 e. The van der Waals surface area contributed by atoms with Gasteiger partial charge in [-0.15, -0.1) is 11.8 Å². The van der Waals surface area contributed by atoms with Crippen molar-refractivity contribution < 1.29 is 27.6 Å². The highest BCUT2D eigenvalue weighted by atomic mass is 35.5. The summed E-state index contributed by atoms with van der Waals surface area (Å²) in [4.78, 5) is 39.2. The summed E-state index contributed by atoms with van der Waals surface area (Å²) in [6, 6.07) is 24.4. The lowest BCUT2D eigenvalue weighted by Crippen LogP contribution is -2.30. The predicted octanol–water partition coefficient (Wildman–Crippen LogP) is 8.15. The fraction of sp³-hybridized carbons (Fsp3) is 0.0645. The van der Waals surface area contributed by atoms with Gasteiger partial charge in [-0.25, -0.2) is 0 Å². The number of alkyl halides is 3. The number of thioether (sulfide) groups is 1. The van der Waals surface area contributed by atoms with Gasteiger partial charge in [0.15, 0.2) is 0 Å². The average molecular weight is 645 g/mol. The molecule has 6 nitrogen and oxygen atoms in total. The molecular weight excluding hydrogens is 622 g/mol. The monoisotopic (exact) mass is 643 g/mol. The zero-order valence-electron chi connectivity index (χ0n) is 22.0. The van der Waals surface area contributed by atoms with E-state index in [-0.39, 0.29) is 22.2 Å². The second-order valence-corrected chi connectivity index (χ2v) is 10.8. The molecule has 0 aliphatic carbocycles. The lowest BCUT2D eigenvalue weighted by atomic mass is 10.1. The number of hydrogen-bond donors (Lipinski definition) is 3. The molecule has 3 N–H and O–H groups in total. The van der Waals surface area contributed by atoms with E-state index in [1.807, 2.05) is 0 Å². The standard InChI is InChI=1S/C31H22Cl2F3N3O3S/c32-22-12-9-19(10-13-22)15-27(39-29(41)20-5-2-1-3-6-20)30(42)37-23-7-4-8-24(17-23)43-18-28(40)38-26-16-21(31(34,35)36)11-14-25(26)33/h1-17H,18H2,(H,37,42)(H,38,40)(H,39,41)/b27-15-. The molecule has 3 amide bonds. The summed E-state index contributed by atoms with van der Waals surface area (Å²) in [5.41, 5.74) is 0.256. The lowest BCUT2D eigenvalue weighted by Gasteiger charge is -2.13. The number of carbonyl (C=O) groups excluding carboxylic acids is 3. The third kappa shape index (κ3) is 9.37. The molecule has 0 bridgehead atoms. The van der Waals surface area contributed by atoms with E-state index in [2.05, 4.69) is 16.0 Å². The molecule has 220 valence electrons. The molecule has 0 aliphatic rings. The summed E-state index contributed by atoms with van der Waals surface area (Å²) in [7, 11) is 0. The second kappa shape index (κ2) is 14.3. The van der Waals surface area contributed by atoms with Crippen molar-refractivity contribution in [1.29, 1.82) is 0 Å². The fourth-order valence-electron chi connectivity index (χ4n) is 3.66. The molecular formula is C31H22Cl2F3N3O3S. The summed E-state index contributed by atoms with van der Waals surface area (Å²) in [6.45, 7) is 0. The molecule has 0 aromatic heterocycles. The zero-order valence-corrected chi connectivity index (χ0v) is 24.4. The first kappa shape index (κ1) is 31.7. The lowest BCUT2D eigenvalue weighted by molar-refractivity contribution is -0.137. The Morgan fingerprint density at radius 3 is 2.23 bits per heavy atom. The summed E-state index contributed by atoms with van der Waals surface area (Å²) in [5, 5.41) is 8.27. The Kier molecular flexibility index (Phi) is 10.5. The number of rotatable bonds is 9. The molecule has 0 spiro atoms. The van der Waals surface area contributed by atoms with Gasteiger partial charge in [-0.05, 0) is 72.3 Å². The van der Waals surface area contributed by atoms with Crippen molar-refractivity contribution >= 4 is 70.1 Å². The van der Waals surface area contributed by atoms with Gasteiger partial charge in [0.2, 0.25) is 5.91 Å². The van der Waals surface area contributed by atoms with Gasteiger partial charge < -0.3 is 16.0 Å². The van der Waals surface area contributed by atoms with Gasteiger partial charge in [-0.1, -0.05) is 59.6 Å². The summed E-state index contributed by atoms with van der Waals surface area (Å²) in [6.07, 6.45) is -3.08.